The van der Waals surface area contributed by atoms with E-state index < -0.39 is 23.3 Å². The molecule has 0 aliphatic carbocycles. The number of benzene rings is 1. The summed E-state index contributed by atoms with van der Waals surface area (Å²) >= 11 is 0. The van der Waals surface area contributed by atoms with E-state index in [1.807, 2.05) is 18.2 Å². The molecule has 0 aromatic heterocycles. The van der Waals surface area contributed by atoms with Gasteiger partial charge in [0.1, 0.15) is 0 Å². The quantitative estimate of drug-likeness (QED) is 0.743. The molecule has 2 fully saturated rings. The number of hydrogen-bond donors (Lipinski definition) is 1. The highest BCUT2D eigenvalue weighted by Crippen LogP contribution is 2.49. The minimum absolute atomic E-state index is 0.184. The second-order valence-electron chi connectivity index (χ2n) is 7.89. The number of fused-ring (bicyclic) bond motifs is 4. The largest absolute Gasteiger partial charge is 0.367 e. The van der Waals surface area contributed by atoms with Crippen LogP contribution in [0.15, 0.2) is 18.2 Å². The van der Waals surface area contributed by atoms with Crippen molar-refractivity contribution in [3.63, 3.8) is 0 Å². The lowest BCUT2D eigenvalue weighted by molar-refractivity contribution is -0.159. The zero-order chi connectivity index (χ0) is 20.2. The average molecular weight is 384 g/mol. The number of hydrogen-bond acceptors (Lipinski definition) is 5. The molecule has 5 amide bonds. The molecule has 4 rings (SSSR count). The standard InChI is InChI=1S/C20H24N4O4/c1-12(25)21-14-7-8-15-13(10-14)11-20(16-6-4-5-9-24(15)16)17(26)22(2)19(28)23(3)18(20)27/h7-8,10,16H,4-6,9,11H2,1-3H3,(H,21,25)/t16-/m0/s1. The lowest BCUT2D eigenvalue weighted by atomic mass is 9.66. The number of amides is 5. The lowest BCUT2D eigenvalue weighted by Gasteiger charge is -2.54. The first-order chi connectivity index (χ1) is 13.3. The fourth-order valence-electron chi connectivity index (χ4n) is 4.96. The molecule has 0 unspecified atom stereocenters. The second-order valence-corrected chi connectivity index (χ2v) is 7.89. The SMILES string of the molecule is CC(=O)Nc1ccc2c(c1)CC1(C(=O)N(C)C(=O)N(C)C1=O)[C@@H]1CCCCN21. The fraction of sp³-hybridized carbons (Fsp3) is 0.500. The summed E-state index contributed by atoms with van der Waals surface area (Å²) in [7, 11) is 2.87. The van der Waals surface area contributed by atoms with E-state index in [2.05, 4.69) is 10.2 Å². The third-order valence-electron chi connectivity index (χ3n) is 6.20. The highest BCUT2D eigenvalue weighted by molar-refractivity contribution is 6.20. The predicted octanol–water partition coefficient (Wildman–Crippen LogP) is 1.60. The monoisotopic (exact) mass is 384 g/mol. The van der Waals surface area contributed by atoms with E-state index in [0.29, 0.717) is 5.69 Å². The van der Waals surface area contributed by atoms with Crippen LogP contribution in [0.5, 0.6) is 0 Å². The number of carbonyl (C=O) groups is 4. The van der Waals surface area contributed by atoms with Crippen molar-refractivity contribution in [2.75, 3.05) is 30.9 Å². The minimum atomic E-state index is -1.32. The van der Waals surface area contributed by atoms with Crippen LogP contribution in [0.2, 0.25) is 0 Å². The van der Waals surface area contributed by atoms with Gasteiger partial charge in [-0.2, -0.15) is 0 Å². The van der Waals surface area contributed by atoms with Gasteiger partial charge in [-0.15, -0.1) is 0 Å². The topological polar surface area (TPSA) is 90.0 Å². The van der Waals surface area contributed by atoms with Gasteiger partial charge in [-0.1, -0.05) is 0 Å². The molecule has 1 spiro atoms. The summed E-state index contributed by atoms with van der Waals surface area (Å²) in [5.41, 5.74) is 1.14. The van der Waals surface area contributed by atoms with E-state index in [-0.39, 0.29) is 18.4 Å². The number of anilines is 2. The third-order valence-corrected chi connectivity index (χ3v) is 6.20. The molecule has 8 heteroatoms. The maximum Gasteiger partial charge on any atom is 0.332 e. The first-order valence-electron chi connectivity index (χ1n) is 9.55. The lowest BCUT2D eigenvalue weighted by Crippen LogP contribution is -2.72. The number of urea groups is 1. The smallest absolute Gasteiger partial charge is 0.332 e. The molecule has 0 saturated carbocycles. The number of piperidine rings is 1. The van der Waals surface area contributed by atoms with Crippen molar-refractivity contribution in [1.29, 1.82) is 0 Å². The molecule has 1 aromatic rings. The van der Waals surface area contributed by atoms with Crippen LogP contribution >= 0.6 is 0 Å². The van der Waals surface area contributed by atoms with E-state index in [9.17, 15) is 19.2 Å². The summed E-state index contributed by atoms with van der Waals surface area (Å²) in [6.45, 7) is 2.19. The fourth-order valence-corrected chi connectivity index (χ4v) is 4.96. The van der Waals surface area contributed by atoms with Crippen molar-refractivity contribution in [2.24, 2.45) is 5.41 Å². The number of barbiturate groups is 1. The van der Waals surface area contributed by atoms with Crippen molar-refractivity contribution < 1.29 is 19.2 Å². The molecule has 3 aliphatic heterocycles. The van der Waals surface area contributed by atoms with Gasteiger partial charge in [-0.25, -0.2) is 4.79 Å². The van der Waals surface area contributed by atoms with Gasteiger partial charge in [-0.05, 0) is 49.4 Å². The summed E-state index contributed by atoms with van der Waals surface area (Å²) in [4.78, 5) is 54.7. The summed E-state index contributed by atoms with van der Waals surface area (Å²) < 4.78 is 0. The Morgan fingerprint density at radius 3 is 2.43 bits per heavy atom. The summed E-state index contributed by atoms with van der Waals surface area (Å²) in [6.07, 6.45) is 2.85. The van der Waals surface area contributed by atoms with Gasteiger partial charge in [0.05, 0.1) is 6.04 Å². The number of imide groups is 2. The molecule has 0 radical (unpaired) electrons. The summed E-state index contributed by atoms with van der Waals surface area (Å²) in [5, 5.41) is 2.76. The van der Waals surface area contributed by atoms with Crippen LogP contribution in [0.3, 0.4) is 0 Å². The predicted molar refractivity (Wildman–Crippen MR) is 103 cm³/mol. The molecule has 148 valence electrons. The zero-order valence-electron chi connectivity index (χ0n) is 16.3. The van der Waals surface area contributed by atoms with Gasteiger partial charge in [0.2, 0.25) is 17.7 Å². The van der Waals surface area contributed by atoms with Gasteiger partial charge < -0.3 is 10.2 Å². The zero-order valence-corrected chi connectivity index (χ0v) is 16.3. The minimum Gasteiger partial charge on any atom is -0.367 e. The summed E-state index contributed by atoms with van der Waals surface area (Å²) in [5.74, 6) is -1.06. The summed E-state index contributed by atoms with van der Waals surface area (Å²) in [6, 6.07) is 4.75. The number of nitrogens with zero attached hydrogens (tertiary/aromatic N) is 3. The Hall–Kier alpha value is -2.90. The Morgan fingerprint density at radius 1 is 1.11 bits per heavy atom. The van der Waals surface area contributed by atoms with Crippen LogP contribution in [-0.2, 0) is 20.8 Å². The van der Waals surface area contributed by atoms with Crippen LogP contribution in [0, 0.1) is 5.41 Å². The molecule has 3 aliphatic rings. The van der Waals surface area contributed by atoms with Gasteiger partial charge in [-0.3, -0.25) is 24.2 Å². The Morgan fingerprint density at radius 2 is 1.79 bits per heavy atom. The van der Waals surface area contributed by atoms with Crippen LogP contribution in [0.4, 0.5) is 16.2 Å². The van der Waals surface area contributed by atoms with Crippen LogP contribution in [-0.4, -0.2) is 60.2 Å². The highest BCUT2D eigenvalue weighted by atomic mass is 16.2. The number of nitrogens with one attached hydrogen (secondary N) is 1. The van der Waals surface area contributed by atoms with Gasteiger partial charge >= 0.3 is 6.03 Å². The normalized spacial score (nSPS) is 23.6. The Bertz CT molecular complexity index is 872. The van der Waals surface area contributed by atoms with E-state index in [1.165, 1.54) is 21.0 Å². The molecular formula is C20H24N4O4. The van der Waals surface area contributed by atoms with Crippen molar-refractivity contribution in [2.45, 2.75) is 38.6 Å². The van der Waals surface area contributed by atoms with E-state index in [4.69, 9.17) is 0 Å². The van der Waals surface area contributed by atoms with Crippen molar-refractivity contribution in [1.82, 2.24) is 9.80 Å². The first kappa shape index (κ1) is 18.5. The molecule has 0 bridgehead atoms. The van der Waals surface area contributed by atoms with Crippen molar-refractivity contribution in [3.8, 4) is 0 Å². The molecule has 8 nitrogen and oxygen atoms in total. The molecule has 28 heavy (non-hydrogen) atoms. The van der Waals surface area contributed by atoms with Crippen LogP contribution < -0.4 is 10.2 Å². The van der Waals surface area contributed by atoms with Crippen LogP contribution in [0.25, 0.3) is 0 Å². The molecular weight excluding hydrogens is 360 g/mol. The molecule has 1 atom stereocenters. The van der Waals surface area contributed by atoms with Gasteiger partial charge in [0.25, 0.3) is 0 Å². The highest BCUT2D eigenvalue weighted by Gasteiger charge is 2.63. The first-order valence-corrected chi connectivity index (χ1v) is 9.55. The van der Waals surface area contributed by atoms with E-state index >= 15 is 0 Å². The van der Waals surface area contributed by atoms with E-state index in [1.54, 1.807) is 0 Å². The van der Waals surface area contributed by atoms with Crippen LogP contribution in [0.1, 0.15) is 31.7 Å². The Labute approximate surface area is 163 Å². The number of rotatable bonds is 1. The third kappa shape index (κ3) is 2.43. The number of carbonyl (C=O) groups excluding carboxylic acids is 4. The van der Waals surface area contributed by atoms with E-state index in [0.717, 1.165) is 46.9 Å². The molecule has 2 saturated heterocycles. The Balaban J connectivity index is 1.87. The molecule has 1 aromatic carbocycles. The maximum atomic E-state index is 13.4. The average Bonchev–Trinajstić information content (AvgIpc) is 2.68. The molecule has 3 heterocycles. The van der Waals surface area contributed by atoms with Gasteiger partial charge in [0, 0.05) is 38.9 Å². The Kier molecular flexibility index (Phi) is 4.17. The van der Waals surface area contributed by atoms with Gasteiger partial charge in [0.15, 0.2) is 5.41 Å². The second kappa shape index (κ2) is 6.32. The molecule has 1 N–H and O–H groups in total. The van der Waals surface area contributed by atoms with Crippen molar-refractivity contribution >= 4 is 35.1 Å². The van der Waals surface area contributed by atoms with Crippen molar-refractivity contribution in [3.05, 3.63) is 23.8 Å². The maximum absolute atomic E-state index is 13.4.